The van der Waals surface area contributed by atoms with E-state index in [9.17, 15) is 8.42 Å². The Kier molecular flexibility index (Phi) is 4.32. The first-order valence-corrected chi connectivity index (χ1v) is 7.89. The number of rotatable bonds is 4. The lowest BCUT2D eigenvalue weighted by atomic mass is 10.0. The van der Waals surface area contributed by atoms with Gasteiger partial charge in [-0.2, -0.15) is 0 Å². The summed E-state index contributed by atoms with van der Waals surface area (Å²) in [6, 6.07) is 0. The molecular formula is C12H21N3O2S. The number of aromatic nitrogens is 2. The Labute approximate surface area is 109 Å². The Bertz CT molecular complexity index is 538. The molecule has 1 heterocycles. The molecule has 1 rings (SSSR count). The summed E-state index contributed by atoms with van der Waals surface area (Å²) < 4.78 is 23.1. The van der Waals surface area contributed by atoms with E-state index in [-0.39, 0.29) is 5.92 Å². The largest absolute Gasteiger partial charge is 0.373 e. The lowest BCUT2D eigenvalue weighted by Crippen LogP contribution is -2.15. The minimum absolute atomic E-state index is 0.287. The van der Waals surface area contributed by atoms with Gasteiger partial charge in [0.2, 0.25) is 0 Å². The van der Waals surface area contributed by atoms with E-state index in [1.54, 1.807) is 14.0 Å². The molecule has 1 aromatic rings. The van der Waals surface area contributed by atoms with Crippen LogP contribution in [0.2, 0.25) is 0 Å². The Morgan fingerprint density at radius 1 is 1.17 bits per heavy atom. The molecule has 1 unspecified atom stereocenters. The van der Waals surface area contributed by atoms with E-state index in [2.05, 4.69) is 29.1 Å². The van der Waals surface area contributed by atoms with E-state index in [4.69, 9.17) is 0 Å². The Morgan fingerprint density at radius 3 is 2.11 bits per heavy atom. The first kappa shape index (κ1) is 14.9. The van der Waals surface area contributed by atoms with Gasteiger partial charge in [0.15, 0.2) is 9.84 Å². The molecule has 0 aliphatic carbocycles. The van der Waals surface area contributed by atoms with E-state index in [0.717, 1.165) is 11.3 Å². The van der Waals surface area contributed by atoms with Crippen LogP contribution < -0.4 is 5.32 Å². The second kappa shape index (κ2) is 5.22. The lowest BCUT2D eigenvalue weighted by Gasteiger charge is -2.17. The van der Waals surface area contributed by atoms with Crippen molar-refractivity contribution in [3.05, 3.63) is 17.1 Å². The van der Waals surface area contributed by atoms with Gasteiger partial charge in [0, 0.05) is 24.6 Å². The second-order valence-corrected chi connectivity index (χ2v) is 7.17. The summed E-state index contributed by atoms with van der Waals surface area (Å²) in [6.07, 6.45) is 1.20. The van der Waals surface area contributed by atoms with E-state index in [1.165, 1.54) is 6.26 Å². The Morgan fingerprint density at radius 2 is 1.72 bits per heavy atom. The number of sulfone groups is 1. The molecule has 102 valence electrons. The van der Waals surface area contributed by atoms with E-state index in [1.807, 2.05) is 6.92 Å². The first-order chi connectivity index (χ1) is 8.18. The van der Waals surface area contributed by atoms with Gasteiger partial charge in [0.25, 0.3) is 0 Å². The lowest BCUT2D eigenvalue weighted by molar-refractivity contribution is 0.588. The van der Waals surface area contributed by atoms with Crippen molar-refractivity contribution in [2.75, 3.05) is 18.6 Å². The van der Waals surface area contributed by atoms with Crippen molar-refractivity contribution >= 4 is 15.7 Å². The van der Waals surface area contributed by atoms with Gasteiger partial charge in [-0.25, -0.2) is 18.4 Å². The molecule has 0 bridgehead atoms. The highest BCUT2D eigenvalue weighted by molar-refractivity contribution is 7.90. The summed E-state index contributed by atoms with van der Waals surface area (Å²) in [4.78, 5) is 8.68. The molecule has 0 fully saturated rings. The first-order valence-electron chi connectivity index (χ1n) is 5.93. The number of anilines is 1. The summed E-state index contributed by atoms with van der Waals surface area (Å²) in [5, 5.41) is 2.33. The average molecular weight is 271 g/mol. The molecule has 0 aromatic carbocycles. The van der Waals surface area contributed by atoms with Crippen LogP contribution in [0, 0.1) is 6.92 Å². The van der Waals surface area contributed by atoms with Crippen molar-refractivity contribution in [3.63, 3.8) is 0 Å². The maximum Gasteiger partial charge on any atom is 0.157 e. The van der Waals surface area contributed by atoms with Gasteiger partial charge in [-0.05, 0) is 19.8 Å². The molecule has 0 aliphatic rings. The third-order valence-electron chi connectivity index (χ3n) is 2.97. The van der Waals surface area contributed by atoms with Gasteiger partial charge in [0.1, 0.15) is 16.9 Å². The molecule has 1 N–H and O–H groups in total. The van der Waals surface area contributed by atoms with Crippen LogP contribution >= 0.6 is 0 Å². The normalized spacial score (nSPS) is 13.7. The summed E-state index contributed by atoms with van der Waals surface area (Å²) >= 11 is 0. The molecule has 0 saturated heterocycles. The summed E-state index contributed by atoms with van der Waals surface area (Å²) in [6.45, 7) is 7.62. The van der Waals surface area contributed by atoms with Crippen molar-refractivity contribution in [1.29, 1.82) is 0 Å². The molecule has 1 atom stereocenters. The van der Waals surface area contributed by atoms with Gasteiger partial charge in [0.05, 0.1) is 0 Å². The van der Waals surface area contributed by atoms with Gasteiger partial charge in [-0.3, -0.25) is 0 Å². The zero-order chi connectivity index (χ0) is 14.1. The minimum Gasteiger partial charge on any atom is -0.373 e. The van der Waals surface area contributed by atoms with Gasteiger partial charge in [-0.1, -0.05) is 13.8 Å². The van der Waals surface area contributed by atoms with Crippen LogP contribution in [0.4, 0.5) is 5.82 Å². The SMILES string of the molecule is CNc1nc(C(C)S(C)(=O)=O)nc(C)c1C(C)C. The molecule has 0 spiro atoms. The van der Waals surface area contributed by atoms with E-state index >= 15 is 0 Å². The molecule has 1 aromatic heterocycles. The third kappa shape index (κ3) is 2.98. The quantitative estimate of drug-likeness (QED) is 0.907. The van der Waals surface area contributed by atoms with Crippen LogP contribution in [0.15, 0.2) is 0 Å². The number of nitrogens with zero attached hydrogens (tertiary/aromatic N) is 2. The highest BCUT2D eigenvalue weighted by atomic mass is 32.2. The molecule has 0 radical (unpaired) electrons. The molecule has 18 heavy (non-hydrogen) atoms. The highest BCUT2D eigenvalue weighted by Crippen LogP contribution is 2.27. The number of hydrogen-bond acceptors (Lipinski definition) is 5. The molecular weight excluding hydrogens is 250 g/mol. The predicted molar refractivity (Wildman–Crippen MR) is 73.7 cm³/mol. The van der Waals surface area contributed by atoms with Crippen molar-refractivity contribution < 1.29 is 8.42 Å². The fourth-order valence-corrected chi connectivity index (χ4v) is 2.35. The highest BCUT2D eigenvalue weighted by Gasteiger charge is 2.23. The van der Waals surface area contributed by atoms with Crippen molar-refractivity contribution in [2.45, 2.75) is 38.9 Å². The van der Waals surface area contributed by atoms with Gasteiger partial charge in [-0.15, -0.1) is 0 Å². The standard InChI is InChI=1S/C12H21N3O2S/c1-7(2)10-8(3)14-11(15-12(10)13-5)9(4)18(6,16)17/h7,9H,1-6H3,(H,13,14,15). The summed E-state index contributed by atoms with van der Waals surface area (Å²) in [5.74, 6) is 1.35. The Hall–Kier alpha value is -1.17. The minimum atomic E-state index is -3.18. The topological polar surface area (TPSA) is 72.0 Å². The zero-order valence-corrected chi connectivity index (χ0v) is 12.6. The Balaban J connectivity index is 3.40. The van der Waals surface area contributed by atoms with Crippen LogP contribution in [0.25, 0.3) is 0 Å². The van der Waals surface area contributed by atoms with Crippen LogP contribution in [0.1, 0.15) is 49.0 Å². The van der Waals surface area contributed by atoms with Crippen molar-refractivity contribution in [2.24, 2.45) is 0 Å². The number of hydrogen-bond donors (Lipinski definition) is 1. The number of aryl methyl sites for hydroxylation is 1. The van der Waals surface area contributed by atoms with E-state index < -0.39 is 15.1 Å². The predicted octanol–water partition coefficient (Wildman–Crippen LogP) is 2.06. The van der Waals surface area contributed by atoms with Crippen LogP contribution in [0.5, 0.6) is 0 Å². The van der Waals surface area contributed by atoms with Crippen molar-refractivity contribution in [3.8, 4) is 0 Å². The zero-order valence-electron chi connectivity index (χ0n) is 11.8. The maximum atomic E-state index is 11.6. The summed E-state index contributed by atoms with van der Waals surface area (Å²) in [5.41, 5.74) is 1.86. The molecule has 5 nitrogen and oxygen atoms in total. The molecule has 0 amide bonds. The van der Waals surface area contributed by atoms with Gasteiger partial charge < -0.3 is 5.32 Å². The van der Waals surface area contributed by atoms with Crippen LogP contribution in [-0.4, -0.2) is 31.7 Å². The molecule has 0 saturated carbocycles. The average Bonchev–Trinajstić information content (AvgIpc) is 2.24. The monoisotopic (exact) mass is 271 g/mol. The van der Waals surface area contributed by atoms with Gasteiger partial charge >= 0.3 is 0 Å². The second-order valence-electron chi connectivity index (χ2n) is 4.81. The maximum absolute atomic E-state index is 11.6. The van der Waals surface area contributed by atoms with Crippen molar-refractivity contribution in [1.82, 2.24) is 9.97 Å². The fraction of sp³-hybridized carbons (Fsp3) is 0.667. The molecule has 6 heteroatoms. The number of nitrogens with one attached hydrogen (secondary N) is 1. The fourth-order valence-electron chi connectivity index (χ4n) is 1.86. The smallest absolute Gasteiger partial charge is 0.157 e. The van der Waals surface area contributed by atoms with Crippen LogP contribution in [-0.2, 0) is 9.84 Å². The summed E-state index contributed by atoms with van der Waals surface area (Å²) in [7, 11) is -1.40. The van der Waals surface area contributed by atoms with E-state index in [0.29, 0.717) is 11.6 Å². The third-order valence-corrected chi connectivity index (χ3v) is 4.47. The molecule has 0 aliphatic heterocycles. The van der Waals surface area contributed by atoms with Crippen LogP contribution in [0.3, 0.4) is 0 Å².